The smallest absolute Gasteiger partial charge is 0.163 e. The van der Waals surface area contributed by atoms with E-state index in [-0.39, 0.29) is 12.4 Å². The topological polar surface area (TPSA) is 46.5 Å². The van der Waals surface area contributed by atoms with E-state index < -0.39 is 0 Å². The summed E-state index contributed by atoms with van der Waals surface area (Å²) in [6, 6.07) is 24.9. The van der Waals surface area contributed by atoms with Crippen LogP contribution in [0.2, 0.25) is 0 Å². The van der Waals surface area contributed by atoms with Crippen molar-refractivity contribution >= 4 is 5.78 Å². The quantitative estimate of drug-likeness (QED) is 0.608. The largest absolute Gasteiger partial charge is 0.489 e. The second kappa shape index (κ2) is 8.97. The maximum Gasteiger partial charge on any atom is 0.163 e. The Balaban J connectivity index is 1.66. The van der Waals surface area contributed by atoms with Crippen molar-refractivity contribution in [2.24, 2.45) is 0 Å². The van der Waals surface area contributed by atoms with E-state index in [1.807, 2.05) is 78.9 Å². The Morgan fingerprint density at radius 1 is 0.846 bits per heavy atom. The first-order valence-corrected chi connectivity index (χ1v) is 8.74. The van der Waals surface area contributed by atoms with Crippen LogP contribution in [-0.2, 0) is 19.6 Å². The fourth-order valence-corrected chi connectivity index (χ4v) is 2.84. The summed E-state index contributed by atoms with van der Waals surface area (Å²) >= 11 is 0. The molecule has 3 rings (SSSR count). The minimum Gasteiger partial charge on any atom is -0.489 e. The van der Waals surface area contributed by atoms with Crippen molar-refractivity contribution in [1.82, 2.24) is 0 Å². The lowest BCUT2D eigenvalue weighted by Crippen LogP contribution is -2.04. The number of benzene rings is 3. The lowest BCUT2D eigenvalue weighted by Gasteiger charge is -2.12. The van der Waals surface area contributed by atoms with Crippen LogP contribution in [0.25, 0.3) is 0 Å². The Morgan fingerprint density at radius 3 is 2.23 bits per heavy atom. The van der Waals surface area contributed by atoms with Gasteiger partial charge in [0.1, 0.15) is 12.4 Å². The van der Waals surface area contributed by atoms with Gasteiger partial charge in [-0.15, -0.1) is 0 Å². The van der Waals surface area contributed by atoms with Gasteiger partial charge in [-0.3, -0.25) is 4.79 Å². The summed E-state index contributed by atoms with van der Waals surface area (Å²) in [5, 5.41) is 9.57. The Kier molecular flexibility index (Phi) is 6.18. The molecule has 0 saturated heterocycles. The third kappa shape index (κ3) is 4.80. The molecule has 132 valence electrons. The molecule has 26 heavy (non-hydrogen) atoms. The van der Waals surface area contributed by atoms with Crippen LogP contribution in [0, 0.1) is 0 Å². The molecule has 0 fully saturated rings. The van der Waals surface area contributed by atoms with Crippen molar-refractivity contribution in [3.05, 3.63) is 101 Å². The monoisotopic (exact) mass is 346 g/mol. The minimum atomic E-state index is -0.0478. The van der Waals surface area contributed by atoms with Gasteiger partial charge in [-0.1, -0.05) is 66.7 Å². The number of rotatable bonds is 8. The molecule has 0 atom stereocenters. The van der Waals surface area contributed by atoms with E-state index in [4.69, 9.17) is 4.74 Å². The molecule has 0 aliphatic heterocycles. The van der Waals surface area contributed by atoms with Gasteiger partial charge in [-0.2, -0.15) is 0 Å². The van der Waals surface area contributed by atoms with Crippen LogP contribution in [0.3, 0.4) is 0 Å². The number of aliphatic hydroxyl groups is 1. The number of aliphatic hydroxyl groups excluding tert-OH is 1. The normalized spacial score (nSPS) is 10.5. The van der Waals surface area contributed by atoms with E-state index in [0.29, 0.717) is 19.4 Å². The summed E-state index contributed by atoms with van der Waals surface area (Å²) in [7, 11) is 0. The van der Waals surface area contributed by atoms with Gasteiger partial charge in [0.15, 0.2) is 5.78 Å². The molecule has 3 aromatic carbocycles. The fraction of sp³-hybridized carbons (Fsp3) is 0.174. The standard InChI is InChI=1S/C23H22O3/c24-16-21-11-13-22(26-17-18-7-3-1-4-8-18)15-20(21)12-14-23(25)19-9-5-2-6-10-19/h1-11,13,15,24H,12,14,16-17H2. The molecule has 0 spiro atoms. The highest BCUT2D eigenvalue weighted by Crippen LogP contribution is 2.21. The van der Waals surface area contributed by atoms with Gasteiger partial charge in [0.25, 0.3) is 0 Å². The zero-order valence-electron chi connectivity index (χ0n) is 14.6. The van der Waals surface area contributed by atoms with Crippen LogP contribution in [-0.4, -0.2) is 10.9 Å². The van der Waals surface area contributed by atoms with Gasteiger partial charge in [0.05, 0.1) is 6.61 Å². The Labute approximate surface area is 153 Å². The lowest BCUT2D eigenvalue weighted by atomic mass is 9.99. The Hall–Kier alpha value is -2.91. The van der Waals surface area contributed by atoms with E-state index in [2.05, 4.69) is 0 Å². The van der Waals surface area contributed by atoms with Gasteiger partial charge in [0, 0.05) is 12.0 Å². The molecule has 3 aromatic rings. The van der Waals surface area contributed by atoms with Crippen LogP contribution in [0.1, 0.15) is 33.5 Å². The van der Waals surface area contributed by atoms with E-state index in [0.717, 1.165) is 28.0 Å². The zero-order valence-corrected chi connectivity index (χ0v) is 14.6. The highest BCUT2D eigenvalue weighted by atomic mass is 16.5. The van der Waals surface area contributed by atoms with Gasteiger partial charge < -0.3 is 9.84 Å². The summed E-state index contributed by atoms with van der Waals surface area (Å²) < 4.78 is 5.86. The van der Waals surface area contributed by atoms with Crippen LogP contribution in [0.4, 0.5) is 0 Å². The molecule has 0 aromatic heterocycles. The molecule has 0 amide bonds. The molecule has 1 N–H and O–H groups in total. The van der Waals surface area contributed by atoms with Crippen molar-refractivity contribution in [3.8, 4) is 5.75 Å². The van der Waals surface area contributed by atoms with Crippen molar-refractivity contribution < 1.29 is 14.6 Å². The van der Waals surface area contributed by atoms with E-state index >= 15 is 0 Å². The molecule has 0 heterocycles. The zero-order chi connectivity index (χ0) is 18.2. The molecule has 0 aliphatic rings. The average molecular weight is 346 g/mol. The third-order valence-electron chi connectivity index (χ3n) is 4.31. The van der Waals surface area contributed by atoms with Gasteiger partial charge in [-0.25, -0.2) is 0 Å². The van der Waals surface area contributed by atoms with E-state index in [9.17, 15) is 9.90 Å². The molecule has 0 saturated carbocycles. The van der Waals surface area contributed by atoms with E-state index in [1.54, 1.807) is 0 Å². The number of aryl methyl sites for hydroxylation is 1. The van der Waals surface area contributed by atoms with Gasteiger partial charge in [0.2, 0.25) is 0 Å². The molecule has 3 heteroatoms. The maximum absolute atomic E-state index is 12.3. The first kappa shape index (κ1) is 17.9. The van der Waals surface area contributed by atoms with Crippen molar-refractivity contribution in [2.45, 2.75) is 26.1 Å². The van der Waals surface area contributed by atoms with Crippen molar-refractivity contribution in [1.29, 1.82) is 0 Å². The van der Waals surface area contributed by atoms with Crippen molar-refractivity contribution in [2.75, 3.05) is 0 Å². The second-order valence-corrected chi connectivity index (χ2v) is 6.15. The van der Waals surface area contributed by atoms with Crippen molar-refractivity contribution in [3.63, 3.8) is 0 Å². The molecule has 0 unspecified atom stereocenters. The number of ether oxygens (including phenoxy) is 1. The molecule has 0 aliphatic carbocycles. The third-order valence-corrected chi connectivity index (χ3v) is 4.31. The van der Waals surface area contributed by atoms with Gasteiger partial charge >= 0.3 is 0 Å². The number of carbonyl (C=O) groups excluding carboxylic acids is 1. The SMILES string of the molecule is O=C(CCc1cc(OCc2ccccc2)ccc1CO)c1ccccc1. The van der Waals surface area contributed by atoms with E-state index in [1.165, 1.54) is 0 Å². The average Bonchev–Trinajstić information content (AvgIpc) is 2.72. The highest BCUT2D eigenvalue weighted by molar-refractivity contribution is 5.96. The summed E-state index contributed by atoms with van der Waals surface area (Å²) in [4.78, 5) is 12.3. The lowest BCUT2D eigenvalue weighted by molar-refractivity contribution is 0.0982. The first-order valence-electron chi connectivity index (χ1n) is 8.74. The molecular weight excluding hydrogens is 324 g/mol. The number of Topliss-reactive ketones (excluding diaryl/α,β-unsaturated/α-hetero) is 1. The summed E-state index contributed by atoms with van der Waals surface area (Å²) in [6.45, 7) is 0.440. The summed E-state index contributed by atoms with van der Waals surface area (Å²) in [5.41, 5.74) is 3.59. The summed E-state index contributed by atoms with van der Waals surface area (Å²) in [5.74, 6) is 0.846. The number of hydrogen-bond donors (Lipinski definition) is 1. The van der Waals surface area contributed by atoms with Crippen LogP contribution in [0.15, 0.2) is 78.9 Å². The molecular formula is C23H22O3. The van der Waals surface area contributed by atoms with Crippen LogP contribution < -0.4 is 4.74 Å². The molecule has 3 nitrogen and oxygen atoms in total. The number of carbonyl (C=O) groups is 1. The number of hydrogen-bond acceptors (Lipinski definition) is 3. The predicted molar refractivity (Wildman–Crippen MR) is 102 cm³/mol. The second-order valence-electron chi connectivity index (χ2n) is 6.15. The Bertz CT molecular complexity index is 842. The van der Waals surface area contributed by atoms with Crippen LogP contribution in [0.5, 0.6) is 5.75 Å². The first-order chi connectivity index (χ1) is 12.8. The van der Waals surface area contributed by atoms with Gasteiger partial charge in [-0.05, 0) is 35.2 Å². The number of ketones is 1. The minimum absolute atomic E-state index is 0.0478. The highest BCUT2D eigenvalue weighted by Gasteiger charge is 2.09. The molecule has 0 radical (unpaired) electrons. The Morgan fingerprint density at radius 2 is 1.54 bits per heavy atom. The summed E-state index contributed by atoms with van der Waals surface area (Å²) in [6.07, 6.45) is 0.977. The fourth-order valence-electron chi connectivity index (χ4n) is 2.84. The predicted octanol–water partition coefficient (Wildman–Crippen LogP) is 4.57. The maximum atomic E-state index is 12.3. The van der Waals surface area contributed by atoms with Crippen LogP contribution >= 0.6 is 0 Å². The molecule has 0 bridgehead atoms.